The van der Waals surface area contributed by atoms with Crippen molar-refractivity contribution in [2.45, 2.75) is 84.7 Å². The van der Waals surface area contributed by atoms with Crippen LogP contribution in [0.15, 0.2) is 11.6 Å². The van der Waals surface area contributed by atoms with E-state index in [1.165, 1.54) is 38.4 Å². The van der Waals surface area contributed by atoms with Gasteiger partial charge >= 0.3 is 5.97 Å². The third-order valence-electron chi connectivity index (χ3n) is 10.2. The quantitative estimate of drug-likeness (QED) is 0.391. The SMILES string of the molecule is COCOC1CC2=CC(=O)CC[C@]2(C)C2CC[C@@]3(C)C(CC[C@@H]3[C@H](C)CCC(=O)OC)C12. The van der Waals surface area contributed by atoms with Crippen LogP contribution >= 0.6 is 0 Å². The van der Waals surface area contributed by atoms with Gasteiger partial charge in [0.15, 0.2) is 5.78 Å². The van der Waals surface area contributed by atoms with Crippen molar-refractivity contribution < 1.29 is 23.8 Å². The topological polar surface area (TPSA) is 61.8 Å². The van der Waals surface area contributed by atoms with Crippen LogP contribution in [0.2, 0.25) is 0 Å². The Balaban J connectivity index is 1.60. The predicted molar refractivity (Wildman–Crippen MR) is 123 cm³/mol. The molecule has 0 heterocycles. The zero-order valence-corrected chi connectivity index (χ0v) is 20.7. The number of ketones is 1. The summed E-state index contributed by atoms with van der Waals surface area (Å²) in [6.45, 7) is 7.59. The minimum Gasteiger partial charge on any atom is -0.469 e. The molecule has 0 amide bonds. The number of fused-ring (bicyclic) bond motifs is 5. The Labute approximate surface area is 193 Å². The van der Waals surface area contributed by atoms with Crippen LogP contribution < -0.4 is 0 Å². The van der Waals surface area contributed by atoms with Gasteiger partial charge < -0.3 is 14.2 Å². The minimum atomic E-state index is -0.0975. The second-order valence-electron chi connectivity index (χ2n) is 11.5. The van der Waals surface area contributed by atoms with E-state index in [0.717, 1.165) is 19.3 Å². The lowest BCUT2D eigenvalue weighted by Gasteiger charge is -2.60. The largest absolute Gasteiger partial charge is 0.469 e. The minimum absolute atomic E-state index is 0.0975. The Kier molecular flexibility index (Phi) is 6.89. The van der Waals surface area contributed by atoms with Crippen molar-refractivity contribution in [3.8, 4) is 0 Å². The van der Waals surface area contributed by atoms with Crippen LogP contribution in [-0.2, 0) is 23.8 Å². The fourth-order valence-corrected chi connectivity index (χ4v) is 8.45. The Morgan fingerprint density at radius 3 is 2.66 bits per heavy atom. The van der Waals surface area contributed by atoms with Gasteiger partial charge in [0.05, 0.1) is 13.2 Å². The molecule has 180 valence electrons. The lowest BCUT2D eigenvalue weighted by molar-refractivity contribution is -0.165. The zero-order valence-electron chi connectivity index (χ0n) is 20.7. The standard InChI is InChI=1S/C27H42O5/c1-17(6-9-24(29)31-5)20-7-8-21-25-22(11-13-27(20,21)3)26(2)12-10-19(28)14-18(26)15-23(25)32-16-30-4/h14,17,20-23,25H,6-13,15-16H2,1-5H3/t17-,20-,21?,22?,23?,25?,26+,27-/m1/s1. The normalized spacial score (nSPS) is 41.8. The number of ether oxygens (including phenoxy) is 3. The van der Waals surface area contributed by atoms with Gasteiger partial charge in [-0.2, -0.15) is 0 Å². The first-order valence-corrected chi connectivity index (χ1v) is 12.7. The van der Waals surface area contributed by atoms with Crippen molar-refractivity contribution in [3.63, 3.8) is 0 Å². The van der Waals surface area contributed by atoms with Gasteiger partial charge in [0, 0.05) is 20.0 Å². The van der Waals surface area contributed by atoms with Crippen molar-refractivity contribution in [1.29, 1.82) is 0 Å². The van der Waals surface area contributed by atoms with Crippen LogP contribution in [0.3, 0.4) is 0 Å². The maximum absolute atomic E-state index is 12.2. The summed E-state index contributed by atoms with van der Waals surface area (Å²) < 4.78 is 16.5. The fraction of sp³-hybridized carbons (Fsp3) is 0.852. The number of hydrogen-bond donors (Lipinski definition) is 0. The monoisotopic (exact) mass is 446 g/mol. The van der Waals surface area contributed by atoms with Crippen molar-refractivity contribution in [3.05, 3.63) is 11.6 Å². The van der Waals surface area contributed by atoms with Gasteiger partial charge in [0.1, 0.15) is 6.79 Å². The average Bonchev–Trinajstić information content (AvgIpc) is 3.13. The van der Waals surface area contributed by atoms with Crippen LogP contribution in [0.5, 0.6) is 0 Å². The maximum atomic E-state index is 12.2. The number of rotatable bonds is 7. The molecular formula is C27H42O5. The van der Waals surface area contributed by atoms with E-state index in [2.05, 4.69) is 20.8 Å². The molecule has 32 heavy (non-hydrogen) atoms. The Bertz CT molecular complexity index is 759. The lowest BCUT2D eigenvalue weighted by Crippen LogP contribution is -2.56. The third-order valence-corrected chi connectivity index (χ3v) is 10.2. The zero-order chi connectivity index (χ0) is 23.1. The number of esters is 1. The molecule has 4 aliphatic carbocycles. The first kappa shape index (κ1) is 23.9. The van der Waals surface area contributed by atoms with Crippen LogP contribution in [0, 0.1) is 40.4 Å². The summed E-state index contributed by atoms with van der Waals surface area (Å²) in [5, 5.41) is 0. The van der Waals surface area contributed by atoms with Crippen LogP contribution in [-0.4, -0.2) is 38.9 Å². The van der Waals surface area contributed by atoms with Crippen LogP contribution in [0.1, 0.15) is 78.6 Å². The molecule has 0 N–H and O–H groups in total. The van der Waals surface area contributed by atoms with Gasteiger partial charge in [-0.1, -0.05) is 26.3 Å². The summed E-state index contributed by atoms with van der Waals surface area (Å²) in [6.07, 6.45) is 10.9. The van der Waals surface area contributed by atoms with Crippen molar-refractivity contribution >= 4 is 11.8 Å². The van der Waals surface area contributed by atoms with Crippen molar-refractivity contribution in [1.82, 2.24) is 0 Å². The molecule has 0 aromatic rings. The second-order valence-corrected chi connectivity index (χ2v) is 11.5. The van der Waals surface area contributed by atoms with E-state index < -0.39 is 0 Å². The molecule has 0 radical (unpaired) electrons. The first-order chi connectivity index (χ1) is 15.2. The number of carbonyl (C=O) groups is 2. The van der Waals surface area contributed by atoms with E-state index in [1.807, 2.05) is 6.08 Å². The molecule has 5 nitrogen and oxygen atoms in total. The highest BCUT2D eigenvalue weighted by atomic mass is 16.7. The summed E-state index contributed by atoms with van der Waals surface area (Å²) in [5.41, 5.74) is 1.73. The van der Waals surface area contributed by atoms with Crippen molar-refractivity contribution in [2.75, 3.05) is 21.0 Å². The molecule has 3 fully saturated rings. The number of carbonyl (C=O) groups excluding carboxylic acids is 2. The van der Waals surface area contributed by atoms with Crippen LogP contribution in [0.4, 0.5) is 0 Å². The van der Waals surface area contributed by atoms with E-state index in [-0.39, 0.29) is 28.7 Å². The summed E-state index contributed by atoms with van der Waals surface area (Å²) in [6, 6.07) is 0. The van der Waals surface area contributed by atoms with Crippen LogP contribution in [0.25, 0.3) is 0 Å². The highest BCUT2D eigenvalue weighted by Crippen LogP contribution is 2.68. The highest BCUT2D eigenvalue weighted by Gasteiger charge is 2.62. The number of hydrogen-bond acceptors (Lipinski definition) is 5. The predicted octanol–water partition coefficient (Wildman–Crippen LogP) is 5.32. The third kappa shape index (κ3) is 3.98. The number of methoxy groups -OCH3 is 2. The summed E-state index contributed by atoms with van der Waals surface area (Å²) in [5.74, 6) is 3.04. The van der Waals surface area contributed by atoms with E-state index >= 15 is 0 Å². The molecule has 0 saturated heterocycles. The second kappa shape index (κ2) is 9.21. The van der Waals surface area contributed by atoms with E-state index in [9.17, 15) is 9.59 Å². The summed E-state index contributed by atoms with van der Waals surface area (Å²) in [7, 11) is 3.17. The lowest BCUT2D eigenvalue weighted by atomic mass is 9.45. The first-order valence-electron chi connectivity index (χ1n) is 12.7. The molecule has 8 atom stereocenters. The van der Waals surface area contributed by atoms with Gasteiger partial charge in [0.2, 0.25) is 0 Å². The molecule has 5 heteroatoms. The molecule has 4 unspecified atom stereocenters. The van der Waals surface area contributed by atoms with E-state index in [4.69, 9.17) is 14.2 Å². The Morgan fingerprint density at radius 2 is 1.94 bits per heavy atom. The highest BCUT2D eigenvalue weighted by molar-refractivity contribution is 5.91. The van der Waals surface area contributed by atoms with Gasteiger partial charge in [-0.3, -0.25) is 9.59 Å². The molecule has 0 bridgehead atoms. The Hall–Kier alpha value is -1.20. The van der Waals surface area contributed by atoms with E-state index in [1.54, 1.807) is 7.11 Å². The fourth-order valence-electron chi connectivity index (χ4n) is 8.45. The molecule has 0 aliphatic heterocycles. The summed E-state index contributed by atoms with van der Waals surface area (Å²) in [4.78, 5) is 24.0. The summed E-state index contributed by atoms with van der Waals surface area (Å²) >= 11 is 0. The van der Waals surface area contributed by atoms with E-state index in [0.29, 0.717) is 49.2 Å². The Morgan fingerprint density at radius 1 is 1.16 bits per heavy atom. The molecule has 0 aromatic carbocycles. The maximum Gasteiger partial charge on any atom is 0.305 e. The molecule has 0 aromatic heterocycles. The van der Waals surface area contributed by atoms with Gasteiger partial charge in [0.25, 0.3) is 0 Å². The van der Waals surface area contributed by atoms with Gasteiger partial charge in [-0.05, 0) is 91.4 Å². The van der Waals surface area contributed by atoms with Crippen molar-refractivity contribution in [2.24, 2.45) is 40.4 Å². The molecule has 3 saturated carbocycles. The van der Waals surface area contributed by atoms with Gasteiger partial charge in [-0.25, -0.2) is 0 Å². The molecule has 4 aliphatic rings. The smallest absolute Gasteiger partial charge is 0.305 e. The molecule has 0 spiro atoms. The van der Waals surface area contributed by atoms with Gasteiger partial charge in [-0.15, -0.1) is 0 Å². The molecular weight excluding hydrogens is 404 g/mol. The average molecular weight is 447 g/mol. The molecule has 4 rings (SSSR count).